The van der Waals surface area contributed by atoms with E-state index in [1.54, 1.807) is 6.08 Å². The Morgan fingerprint density at radius 3 is 1.06 bits per heavy atom. The summed E-state index contributed by atoms with van der Waals surface area (Å²) in [6.07, 6.45) is -33.3. The van der Waals surface area contributed by atoms with Crippen molar-refractivity contribution in [2.75, 3.05) is 52.9 Å². The highest BCUT2D eigenvalue weighted by Gasteiger charge is 2.59. The monoisotopic (exact) mass is 1790 g/mol. The molecule has 0 bridgehead atoms. The van der Waals surface area contributed by atoms with Gasteiger partial charge in [0.1, 0.15) is 171 Å². The van der Waals surface area contributed by atoms with Gasteiger partial charge in [0.2, 0.25) is 23.6 Å². The first-order valence-electron chi connectivity index (χ1n) is 44.5. The Hall–Kier alpha value is -3.74. The minimum absolute atomic E-state index is 0.154. The Morgan fingerprint density at radius 1 is 0.323 bits per heavy atom. The van der Waals surface area contributed by atoms with E-state index >= 15 is 0 Å². The molecule has 7 fully saturated rings. The van der Waals surface area contributed by atoms with E-state index in [1.165, 1.54) is 96.3 Å². The molecule has 0 aromatic heterocycles. The number of hydrogen-bond acceptors (Lipinski definition) is 38. The molecule has 0 aromatic rings. The summed E-state index contributed by atoms with van der Waals surface area (Å²) < 4.78 is 83.7. The van der Waals surface area contributed by atoms with Gasteiger partial charge in [-0.2, -0.15) is 0 Å². The van der Waals surface area contributed by atoms with Crippen LogP contribution < -0.4 is 21.3 Å². The molecular formula is C82H146N4O38. The Bertz CT molecular complexity index is 3020. The Balaban J connectivity index is 1.06. The van der Waals surface area contributed by atoms with Crippen LogP contribution >= 0.6 is 0 Å². The molecule has 0 saturated carbocycles. The van der Waals surface area contributed by atoms with Crippen LogP contribution in [0.5, 0.6) is 0 Å². The SMILES string of the molecule is CCCCCCCCCCCCC/C=C/[C@@H](O)[C@H](CO[C@@H]1OC(CO)[C@@H](O[C@@H]2OC(CO)[C@H](O)[C@H](O[C@@H]3OC(CO)[C@@H](O[C@@H]4OC(CO[C@@H]5OC(CO)[C@@H](O)[C@H](O)C5NC(C)=O)[C@H](O)[C@H](O[C@@H]5OC(CO)[C@@H](O[C@@H]6OC(CO)[C@H](O)[C@H](O)C6O)[C@H](O)C5NC(C)=O)C4O)[C@H](O)C3NC(C)=O)C2O)[C@H](O)C1O)NC(=O)CCCCCCCCCCCCCCC. The number of aliphatic hydroxyl groups excluding tert-OH is 20. The van der Waals surface area contributed by atoms with Crippen molar-refractivity contribution < 1.29 is 188 Å². The first kappa shape index (κ1) is 107. The number of carbonyl (C=O) groups excluding carboxylic acids is 4. The highest BCUT2D eigenvalue weighted by atomic mass is 16.8. The van der Waals surface area contributed by atoms with Gasteiger partial charge >= 0.3 is 0 Å². The van der Waals surface area contributed by atoms with Crippen LogP contribution in [-0.2, 0) is 85.5 Å². The van der Waals surface area contributed by atoms with Gasteiger partial charge in [0.25, 0.3) is 0 Å². The third-order valence-corrected chi connectivity index (χ3v) is 23.7. The number of carbonyl (C=O) groups is 4. The van der Waals surface area contributed by atoms with Gasteiger partial charge in [-0.1, -0.05) is 167 Å². The van der Waals surface area contributed by atoms with Gasteiger partial charge in [-0.25, -0.2) is 0 Å². The van der Waals surface area contributed by atoms with Gasteiger partial charge in [0.15, 0.2) is 44.0 Å². The zero-order chi connectivity index (χ0) is 90.9. The standard InChI is InChI=1S/C82H146N4O38/c1-6-8-10-12-14-16-18-20-22-24-26-28-30-32-46(96)45(86-54(97)33-31-29-27-25-23-21-19-17-15-13-11-9-7-2)40-111-79-68(108)66(106)73(52(39-92)118-79)122-81-69(109)74(60(100)49(36-89)115-81)123-77-57(85-44(5)95)64(104)72(51(38-91)117-77)121-82-70(110)75(61(101)53(119-82)41-112-76-55(83-42(3)93)62(102)58(98)47(34-87)113-76)124-78-56(84-43(4)94)63(103)71(50(37-90)116-78)120-80-67(107)65(105)59(99)48(35-88)114-80/h30,32,45-53,55-82,87-92,96,98-110H,6-29,31,33-41H2,1-5H3,(H,83,93)(H,84,94)(H,85,95)(H,86,97)/b32-30+/t45-,46+,47?,48?,49?,50?,51?,52?,53?,55?,56?,57?,58+,59-,60-,61-,62+,63+,64+,65-,66+,67?,68?,69?,70?,71+,72+,73+,74-,75-,76+,77-,78-,79+,80-,81-,82-/m0/s1. The number of allylic oxidation sites excluding steroid dienone is 1. The zero-order valence-electron chi connectivity index (χ0n) is 71.9. The van der Waals surface area contributed by atoms with Crippen LogP contribution in [0.4, 0.5) is 0 Å². The van der Waals surface area contributed by atoms with Crippen molar-refractivity contribution in [1.29, 1.82) is 0 Å². The molecular weight excluding hydrogens is 1650 g/mol. The molecule has 0 aliphatic carbocycles. The topological polar surface area (TPSA) is 650 Å². The van der Waals surface area contributed by atoms with Crippen LogP contribution in [0.15, 0.2) is 12.2 Å². The van der Waals surface area contributed by atoms with Crippen molar-refractivity contribution in [3.63, 3.8) is 0 Å². The number of hydrogen-bond donors (Lipinski definition) is 24. The summed E-state index contributed by atoms with van der Waals surface area (Å²) in [6.45, 7) is -0.147. The lowest BCUT2D eigenvalue weighted by molar-refractivity contribution is -0.389. The van der Waals surface area contributed by atoms with Gasteiger partial charge in [0, 0.05) is 27.2 Å². The lowest BCUT2D eigenvalue weighted by atomic mass is 9.93. The van der Waals surface area contributed by atoms with Crippen LogP contribution in [0.3, 0.4) is 0 Å². The van der Waals surface area contributed by atoms with Crippen molar-refractivity contribution in [3.8, 4) is 0 Å². The number of ether oxygens (including phenoxy) is 14. The zero-order valence-corrected chi connectivity index (χ0v) is 71.9. The predicted octanol–water partition coefficient (Wildman–Crippen LogP) is -5.24. The van der Waals surface area contributed by atoms with Crippen molar-refractivity contribution >= 4 is 23.6 Å². The van der Waals surface area contributed by atoms with Crippen LogP contribution in [0.25, 0.3) is 0 Å². The fourth-order valence-electron chi connectivity index (χ4n) is 16.5. The van der Waals surface area contributed by atoms with E-state index in [4.69, 9.17) is 66.3 Å². The molecule has 37 atom stereocenters. The second-order valence-corrected chi connectivity index (χ2v) is 33.5. The molecule has 14 unspecified atom stereocenters. The van der Waals surface area contributed by atoms with Gasteiger partial charge in [-0.3, -0.25) is 19.2 Å². The molecule has 7 aliphatic heterocycles. The Labute approximate surface area is 723 Å². The second kappa shape index (κ2) is 55.6. The van der Waals surface area contributed by atoms with Crippen LogP contribution in [0.1, 0.15) is 202 Å². The number of nitrogens with one attached hydrogen (secondary N) is 4. The van der Waals surface area contributed by atoms with Gasteiger partial charge in [0.05, 0.1) is 65.0 Å². The molecule has 7 aliphatic rings. The van der Waals surface area contributed by atoms with Gasteiger partial charge in [-0.05, 0) is 19.3 Å². The van der Waals surface area contributed by atoms with E-state index in [0.717, 1.165) is 72.1 Å². The predicted molar refractivity (Wildman–Crippen MR) is 429 cm³/mol. The maximum absolute atomic E-state index is 13.6. The average Bonchev–Trinajstić information content (AvgIpc) is 0.767. The molecule has 124 heavy (non-hydrogen) atoms. The fourth-order valence-corrected chi connectivity index (χ4v) is 16.5. The molecule has 0 radical (unpaired) electrons. The lowest BCUT2D eigenvalue weighted by Crippen LogP contribution is -2.71. The van der Waals surface area contributed by atoms with Gasteiger partial charge in [-0.15, -0.1) is 0 Å². The molecule has 4 amide bonds. The highest BCUT2D eigenvalue weighted by molar-refractivity contribution is 5.76. The second-order valence-electron chi connectivity index (χ2n) is 33.5. The number of aliphatic hydroxyl groups is 20. The Kier molecular flexibility index (Phi) is 48.1. The summed E-state index contributed by atoms with van der Waals surface area (Å²) in [5.41, 5.74) is 0. The molecule has 722 valence electrons. The maximum Gasteiger partial charge on any atom is 0.220 e. The largest absolute Gasteiger partial charge is 0.394 e. The smallest absolute Gasteiger partial charge is 0.220 e. The summed E-state index contributed by atoms with van der Waals surface area (Å²) >= 11 is 0. The minimum atomic E-state index is -2.40. The summed E-state index contributed by atoms with van der Waals surface area (Å²) in [7, 11) is 0. The minimum Gasteiger partial charge on any atom is -0.394 e. The third kappa shape index (κ3) is 31.2. The molecule has 24 N–H and O–H groups in total. The number of unbranched alkanes of at least 4 members (excludes halogenated alkanes) is 23. The fraction of sp³-hybridized carbons (Fsp3) is 0.927. The molecule has 7 saturated heterocycles. The third-order valence-electron chi connectivity index (χ3n) is 23.7. The Morgan fingerprint density at radius 2 is 0.645 bits per heavy atom. The molecule has 7 rings (SSSR count). The van der Waals surface area contributed by atoms with Gasteiger partial charge < -0.3 is 190 Å². The summed E-state index contributed by atoms with van der Waals surface area (Å²) in [5, 5.41) is 235. The van der Waals surface area contributed by atoms with Crippen molar-refractivity contribution in [2.24, 2.45) is 0 Å². The summed E-state index contributed by atoms with van der Waals surface area (Å²) in [6, 6.07) is -6.52. The van der Waals surface area contributed by atoms with Crippen LogP contribution in [-0.4, -0.2) is 406 Å². The highest BCUT2D eigenvalue weighted by Crippen LogP contribution is 2.39. The lowest BCUT2D eigenvalue weighted by Gasteiger charge is -2.51. The molecule has 42 nitrogen and oxygen atoms in total. The normalized spacial score (nSPS) is 38.4. The maximum atomic E-state index is 13.6. The first-order valence-corrected chi connectivity index (χ1v) is 44.5. The van der Waals surface area contributed by atoms with E-state index in [-0.39, 0.29) is 12.3 Å². The number of amides is 4. The molecule has 0 aromatic carbocycles. The van der Waals surface area contributed by atoms with E-state index in [0.29, 0.717) is 12.8 Å². The quantitative estimate of drug-likeness (QED) is 0.0200. The first-order chi connectivity index (χ1) is 59.4. The van der Waals surface area contributed by atoms with Crippen LogP contribution in [0.2, 0.25) is 0 Å². The van der Waals surface area contributed by atoms with Crippen molar-refractivity contribution in [1.82, 2.24) is 21.3 Å². The van der Waals surface area contributed by atoms with E-state index in [2.05, 4.69) is 35.1 Å². The molecule has 0 spiro atoms. The van der Waals surface area contributed by atoms with E-state index in [9.17, 15) is 121 Å². The van der Waals surface area contributed by atoms with E-state index in [1.807, 2.05) is 6.08 Å². The van der Waals surface area contributed by atoms with Crippen molar-refractivity contribution in [2.45, 2.75) is 428 Å². The summed E-state index contributed by atoms with van der Waals surface area (Å²) in [4.78, 5) is 52.1. The van der Waals surface area contributed by atoms with E-state index < -0.39 is 297 Å². The molecule has 7 heterocycles. The average molecular weight is 1800 g/mol. The molecule has 42 heteroatoms. The number of rotatable bonds is 54. The summed E-state index contributed by atoms with van der Waals surface area (Å²) in [5.74, 6) is -2.97. The van der Waals surface area contributed by atoms with Crippen molar-refractivity contribution in [3.05, 3.63) is 12.2 Å². The van der Waals surface area contributed by atoms with Crippen LogP contribution in [0, 0.1) is 0 Å².